The molecule has 2 heterocycles. The molecule has 5 aromatic rings. The summed E-state index contributed by atoms with van der Waals surface area (Å²) < 4.78 is 46.3. The van der Waals surface area contributed by atoms with Crippen LogP contribution < -0.4 is 25.5 Å². The van der Waals surface area contributed by atoms with Crippen molar-refractivity contribution in [3.63, 3.8) is 0 Å². The zero-order chi connectivity index (χ0) is 70.7. The largest absolute Gasteiger partial charge is 0.478 e. The summed E-state index contributed by atoms with van der Waals surface area (Å²) in [6, 6.07) is 36.0. The van der Waals surface area contributed by atoms with Crippen LogP contribution in [-0.4, -0.2) is 157 Å². The van der Waals surface area contributed by atoms with E-state index in [1.165, 1.54) is 77.1 Å². The molecule has 510 valence electrons. The second-order valence-corrected chi connectivity index (χ2v) is 26.7. The Labute approximate surface area is 564 Å². The van der Waals surface area contributed by atoms with Gasteiger partial charge in [-0.1, -0.05) is 86.6 Å². The van der Waals surface area contributed by atoms with Gasteiger partial charge in [0.05, 0.1) is 41.2 Å². The number of carbonyl (C=O) groups excluding carboxylic acids is 8. The highest BCUT2D eigenvalue weighted by atomic mass is 16.6. The Bertz CT molecular complexity index is 4450. The van der Waals surface area contributed by atoms with Crippen LogP contribution in [0.4, 0.5) is 5.69 Å². The van der Waals surface area contributed by atoms with E-state index in [-0.39, 0.29) is 39.0 Å². The smallest absolute Gasteiger partial charge is 0.338 e. The van der Waals surface area contributed by atoms with Gasteiger partial charge in [0.2, 0.25) is 5.36 Å². The quantitative estimate of drug-likeness (QED) is 0.0195. The number of fused-ring (bicyclic) bond motifs is 7. The second kappa shape index (κ2) is 26.6. The molecular weight excluding hydrogens is 1260 g/mol. The molecule has 2 aliphatic heterocycles. The number of carboxylic acids is 1. The minimum atomic E-state index is -2.61. The summed E-state index contributed by atoms with van der Waals surface area (Å²) >= 11 is 0. The number of aliphatic hydroxyl groups is 2. The second-order valence-electron chi connectivity index (χ2n) is 26.7. The van der Waals surface area contributed by atoms with Gasteiger partial charge in [0.25, 0.3) is 11.8 Å². The monoisotopic (exact) mass is 1340 g/mol. The number of carboxylic acid groups (broad SMARTS) is 1. The Morgan fingerprint density at radius 2 is 1.35 bits per heavy atom. The number of hydrogen-bond acceptors (Lipinski definition) is 19. The zero-order valence-electron chi connectivity index (χ0n) is 55.9. The lowest BCUT2D eigenvalue weighted by molar-refractivity contribution is -0.346. The Kier molecular flexibility index (Phi) is 18.7. The summed E-state index contributed by atoms with van der Waals surface area (Å²) in [6.45, 7) is 8.78. The van der Waals surface area contributed by atoms with E-state index in [2.05, 4.69) is 10.6 Å². The van der Waals surface area contributed by atoms with Gasteiger partial charge in [-0.05, 0) is 97.6 Å². The van der Waals surface area contributed by atoms with Crippen LogP contribution in [0.5, 0.6) is 0 Å². The Hall–Kier alpha value is -10.4. The minimum Gasteiger partial charge on any atom is -0.478 e. The summed E-state index contributed by atoms with van der Waals surface area (Å²) in [5.74, 6) is -10.7. The first-order valence-corrected chi connectivity index (χ1v) is 32.0. The molecule has 4 unspecified atom stereocenters. The Morgan fingerprint density at radius 3 is 1.95 bits per heavy atom. The highest BCUT2D eigenvalue weighted by molar-refractivity contribution is 6.10. The van der Waals surface area contributed by atoms with Crippen LogP contribution >= 0.6 is 0 Å². The summed E-state index contributed by atoms with van der Waals surface area (Å²) in [5, 5.41) is 44.1. The maximum atomic E-state index is 16.7. The first-order chi connectivity index (χ1) is 46.4. The molecule has 23 heteroatoms. The molecule has 2 saturated carbocycles. The van der Waals surface area contributed by atoms with Gasteiger partial charge in [-0.3, -0.25) is 24.0 Å². The van der Waals surface area contributed by atoms with Crippen molar-refractivity contribution in [1.82, 2.24) is 15.2 Å². The van der Waals surface area contributed by atoms with Crippen LogP contribution in [-0.2, 0) is 52.4 Å². The number of aliphatic hydroxyl groups excluding tert-OH is 1. The normalized spacial score (nSPS) is 24.6. The maximum Gasteiger partial charge on any atom is 0.338 e. The number of carbonyl (C=O) groups is 9. The lowest BCUT2D eigenvalue weighted by atomic mass is 9.44. The molecule has 2 bridgehead atoms. The highest BCUT2D eigenvalue weighted by Crippen LogP contribution is 2.65. The highest BCUT2D eigenvalue weighted by Gasteiger charge is 2.79. The minimum absolute atomic E-state index is 0.0352. The molecule has 1 saturated heterocycles. The SMILES string of the molecule is CC(=O)O[C@H]1C(=O)[C@@]2(C)C(C(OC(=O)c3ccccc3)[C@]3(O)CC(OC(=O)[C@H](O)[C@@H](NC(=O)c4ccccc4)c4ccccc4)C(C)=C1C3(C)C)[C@]1(OC(C)=O)COC1C[C@@H]2OC(=O)[C@@H](C)NC(=O)c1ccc(-c2c3ccc(=[N+](C)C)cc-3oc3cc(N(C)C)ccc23)c(C(=O)O)c1. The van der Waals surface area contributed by atoms with Gasteiger partial charge >= 0.3 is 35.8 Å². The molecule has 0 spiro atoms. The summed E-state index contributed by atoms with van der Waals surface area (Å²) in [6.07, 6.45) is -12.0. The fraction of sp³-hybridized carbons (Fsp3) is 0.360. The molecule has 2 amide bonds. The molecule has 98 heavy (non-hydrogen) atoms. The molecule has 5 N–H and O–H groups in total. The van der Waals surface area contributed by atoms with E-state index in [1.54, 1.807) is 66.7 Å². The van der Waals surface area contributed by atoms with Crippen molar-refractivity contribution in [2.45, 2.75) is 121 Å². The fourth-order valence-corrected chi connectivity index (χ4v) is 14.7. The molecule has 23 nitrogen and oxygen atoms in total. The van der Waals surface area contributed by atoms with Gasteiger partial charge in [-0.15, -0.1) is 0 Å². The lowest BCUT2D eigenvalue weighted by Crippen LogP contribution is -2.82. The number of nitrogens with one attached hydrogen (secondary N) is 2. The predicted molar refractivity (Wildman–Crippen MR) is 355 cm³/mol. The summed E-state index contributed by atoms with van der Waals surface area (Å²) in [4.78, 5) is 132. The molecule has 4 aliphatic carbocycles. The van der Waals surface area contributed by atoms with Crippen molar-refractivity contribution in [2.24, 2.45) is 16.7 Å². The van der Waals surface area contributed by atoms with E-state index < -0.39 is 150 Å². The van der Waals surface area contributed by atoms with E-state index in [9.17, 15) is 53.7 Å². The van der Waals surface area contributed by atoms with Gasteiger partial charge < -0.3 is 63.7 Å². The molecule has 11 rings (SSSR count). The molecular formula is C75H77N4O19+. The average molecular weight is 1340 g/mol. The van der Waals surface area contributed by atoms with Gasteiger partial charge in [-0.25, -0.2) is 23.8 Å². The van der Waals surface area contributed by atoms with E-state index in [0.717, 1.165) is 24.9 Å². The third kappa shape index (κ3) is 12.3. The molecule has 5 aromatic carbocycles. The van der Waals surface area contributed by atoms with Crippen molar-refractivity contribution in [1.29, 1.82) is 0 Å². The number of benzene rings is 6. The van der Waals surface area contributed by atoms with Crippen molar-refractivity contribution in [3.05, 3.63) is 190 Å². The van der Waals surface area contributed by atoms with Crippen LogP contribution in [0.2, 0.25) is 0 Å². The molecule has 12 atom stereocenters. The van der Waals surface area contributed by atoms with Gasteiger partial charge in [0.1, 0.15) is 61.5 Å². The van der Waals surface area contributed by atoms with Crippen molar-refractivity contribution in [2.75, 3.05) is 39.7 Å². The van der Waals surface area contributed by atoms with Crippen molar-refractivity contribution in [3.8, 4) is 22.5 Å². The summed E-state index contributed by atoms with van der Waals surface area (Å²) in [7, 11) is 7.51. The first kappa shape index (κ1) is 69.0. The van der Waals surface area contributed by atoms with Crippen molar-refractivity contribution < 1.29 is 91.3 Å². The number of nitrogens with zero attached hydrogens (tertiary/aromatic N) is 2. The third-order valence-electron chi connectivity index (χ3n) is 19.9. The number of ketones is 1. The van der Waals surface area contributed by atoms with Gasteiger partial charge in [0, 0.05) is 91.7 Å². The molecule has 0 radical (unpaired) electrons. The molecule has 3 fully saturated rings. The maximum absolute atomic E-state index is 16.7. The number of hydrogen-bond donors (Lipinski definition) is 5. The van der Waals surface area contributed by atoms with Crippen LogP contribution in [0.15, 0.2) is 161 Å². The number of aromatic carboxylic acids is 1. The van der Waals surface area contributed by atoms with Crippen LogP contribution in [0.3, 0.4) is 0 Å². The Balaban J connectivity index is 0.982. The number of ether oxygens (including phenoxy) is 6. The summed E-state index contributed by atoms with van der Waals surface area (Å²) in [5.41, 5.74) is -6.24. The van der Waals surface area contributed by atoms with E-state index in [0.29, 0.717) is 33.4 Å². The van der Waals surface area contributed by atoms with Crippen LogP contribution in [0, 0.1) is 16.7 Å². The molecule has 6 aliphatic rings. The predicted octanol–water partition coefficient (Wildman–Crippen LogP) is 7.42. The van der Waals surface area contributed by atoms with E-state index >= 15 is 4.79 Å². The first-order valence-electron chi connectivity index (χ1n) is 32.0. The van der Waals surface area contributed by atoms with Gasteiger partial charge in [-0.2, -0.15) is 0 Å². The number of rotatable bonds is 17. The Morgan fingerprint density at radius 1 is 0.714 bits per heavy atom. The zero-order valence-corrected chi connectivity index (χ0v) is 55.9. The number of anilines is 1. The fourth-order valence-electron chi connectivity index (χ4n) is 14.7. The number of esters is 5. The third-order valence-corrected chi connectivity index (χ3v) is 19.9. The lowest BCUT2D eigenvalue weighted by Gasteiger charge is -2.67. The van der Waals surface area contributed by atoms with Gasteiger partial charge in [0.15, 0.2) is 23.6 Å². The average Bonchev–Trinajstić information content (AvgIpc) is 0.667. The molecule has 0 aromatic heterocycles. The number of amides is 2. The van der Waals surface area contributed by atoms with Crippen LogP contribution in [0.1, 0.15) is 114 Å². The van der Waals surface area contributed by atoms with Crippen LogP contribution in [0.25, 0.3) is 33.4 Å². The number of Topliss-reactive ketones (excluding diaryl/α,β-unsaturated/α-hetero) is 1. The van der Waals surface area contributed by atoms with Crippen molar-refractivity contribution >= 4 is 70.1 Å². The topological polar surface area (TPSA) is 313 Å². The van der Waals surface area contributed by atoms with E-state index in [4.69, 9.17) is 32.8 Å². The standard InChI is InChI=1S/C75H76N4O19/c1-39-55(95-71(90)61(82)60(43-21-15-12-16-22-43)77-66(84)44-23-17-13-18-24-44)37-75(91)65(97-70(89)45-25-19-14-20-26-45)63-73(7,64(83)62(93-41(3)80)59(39)72(75,5)6)56(36-57-74(63,38-92-57)98-42(4)81)96-69(88)40(2)76-67(85)46-27-30-49(52(33-46)68(86)87)58-50-31-28-47(78(8)9)34-53(50)94-54-35-48(79(10)11)29-32-51(54)58/h12-35,40,55-57,60-63,65,82,91H,36-38H2,1-11H3,(H2-,76,77,84,85,86,87)/p+1/t40-,55?,56+,57?,60+,61-,62-,63?,65?,73-,74+,75-/m1/s1. The van der Waals surface area contributed by atoms with E-state index in [1.807, 2.05) is 74.1 Å².